The van der Waals surface area contributed by atoms with Crippen molar-refractivity contribution in [2.45, 2.75) is 38.1 Å². The minimum Gasteiger partial charge on any atom is -0.299 e. The molecule has 114 valence electrons. The highest BCUT2D eigenvalue weighted by Crippen LogP contribution is 2.20. The Bertz CT molecular complexity index is 454. The second-order valence-corrected chi connectivity index (χ2v) is 6.48. The molecule has 1 aromatic carbocycles. The van der Waals surface area contributed by atoms with Crippen molar-refractivity contribution in [2.75, 3.05) is 32.7 Å². The van der Waals surface area contributed by atoms with Gasteiger partial charge in [-0.1, -0.05) is 36.8 Å². The van der Waals surface area contributed by atoms with Gasteiger partial charge in [-0.3, -0.25) is 14.6 Å². The third-order valence-corrected chi connectivity index (χ3v) is 4.80. The summed E-state index contributed by atoms with van der Waals surface area (Å²) in [4.78, 5) is 17.2. The molecule has 0 bridgehead atoms. The van der Waals surface area contributed by atoms with Crippen LogP contribution < -0.4 is 0 Å². The van der Waals surface area contributed by atoms with E-state index in [0.717, 1.165) is 18.7 Å². The summed E-state index contributed by atoms with van der Waals surface area (Å²) in [7, 11) is 0. The van der Waals surface area contributed by atoms with Gasteiger partial charge in [0.15, 0.2) is 5.78 Å². The zero-order valence-electron chi connectivity index (χ0n) is 12.8. The Labute approximate surface area is 127 Å². The standard InChI is InChI=1S/C18H26N2O/c21-18(13-16-7-3-1-4-8-16)15-19-12-9-17(14-19)20-10-5-2-6-11-20/h1,3-4,7-8,17H,2,5-6,9-15H2. The maximum absolute atomic E-state index is 12.2. The number of hydrogen-bond acceptors (Lipinski definition) is 3. The topological polar surface area (TPSA) is 23.6 Å². The van der Waals surface area contributed by atoms with Gasteiger partial charge in [-0.05, 0) is 37.9 Å². The summed E-state index contributed by atoms with van der Waals surface area (Å²) in [5.41, 5.74) is 1.13. The molecule has 0 radical (unpaired) electrons. The molecule has 3 nitrogen and oxygen atoms in total. The number of Topliss-reactive ketones (excluding diaryl/α,β-unsaturated/α-hetero) is 1. The highest BCUT2D eigenvalue weighted by molar-refractivity contribution is 5.82. The molecule has 0 saturated carbocycles. The molecule has 0 spiro atoms. The number of piperidine rings is 1. The molecule has 0 N–H and O–H groups in total. The Morgan fingerprint density at radius 3 is 2.57 bits per heavy atom. The van der Waals surface area contributed by atoms with Crippen LogP contribution in [0.1, 0.15) is 31.2 Å². The van der Waals surface area contributed by atoms with Crippen LogP contribution >= 0.6 is 0 Å². The SMILES string of the molecule is O=C(Cc1ccccc1)CN1CCC(N2CCCCC2)C1. The van der Waals surface area contributed by atoms with E-state index in [1.807, 2.05) is 30.3 Å². The Morgan fingerprint density at radius 1 is 1.05 bits per heavy atom. The fourth-order valence-electron chi connectivity index (χ4n) is 3.67. The quantitative estimate of drug-likeness (QED) is 0.830. The zero-order chi connectivity index (χ0) is 14.5. The van der Waals surface area contributed by atoms with Gasteiger partial charge < -0.3 is 0 Å². The Hall–Kier alpha value is -1.19. The molecule has 0 aliphatic carbocycles. The number of ketones is 1. The molecule has 2 saturated heterocycles. The first-order valence-corrected chi connectivity index (χ1v) is 8.33. The summed E-state index contributed by atoms with van der Waals surface area (Å²) in [6.07, 6.45) is 5.90. The molecule has 2 aliphatic heterocycles. The predicted octanol–water partition coefficient (Wildman–Crippen LogP) is 2.36. The van der Waals surface area contributed by atoms with E-state index in [1.165, 1.54) is 38.8 Å². The van der Waals surface area contributed by atoms with E-state index < -0.39 is 0 Å². The van der Waals surface area contributed by atoms with Crippen molar-refractivity contribution in [3.05, 3.63) is 35.9 Å². The van der Waals surface area contributed by atoms with Crippen LogP contribution in [0.4, 0.5) is 0 Å². The number of benzene rings is 1. The van der Waals surface area contributed by atoms with Crippen molar-refractivity contribution in [2.24, 2.45) is 0 Å². The summed E-state index contributed by atoms with van der Waals surface area (Å²) in [6.45, 7) is 5.31. The van der Waals surface area contributed by atoms with Crippen molar-refractivity contribution in [3.63, 3.8) is 0 Å². The lowest BCUT2D eigenvalue weighted by molar-refractivity contribution is -0.119. The largest absolute Gasteiger partial charge is 0.299 e. The molecule has 2 aliphatic rings. The molecule has 21 heavy (non-hydrogen) atoms. The van der Waals surface area contributed by atoms with Gasteiger partial charge in [0.25, 0.3) is 0 Å². The molecule has 2 heterocycles. The minimum atomic E-state index is 0.348. The first-order valence-electron chi connectivity index (χ1n) is 8.33. The van der Waals surface area contributed by atoms with Crippen molar-refractivity contribution in [3.8, 4) is 0 Å². The predicted molar refractivity (Wildman–Crippen MR) is 85.4 cm³/mol. The van der Waals surface area contributed by atoms with E-state index in [2.05, 4.69) is 9.80 Å². The summed E-state index contributed by atoms with van der Waals surface area (Å²) in [5.74, 6) is 0.348. The Morgan fingerprint density at radius 2 is 1.81 bits per heavy atom. The number of rotatable bonds is 5. The average Bonchev–Trinajstić information content (AvgIpc) is 2.97. The molecule has 1 unspecified atom stereocenters. The van der Waals surface area contributed by atoms with Gasteiger partial charge in [0.2, 0.25) is 0 Å². The van der Waals surface area contributed by atoms with Gasteiger partial charge in [-0.15, -0.1) is 0 Å². The van der Waals surface area contributed by atoms with E-state index in [9.17, 15) is 4.79 Å². The number of hydrogen-bond donors (Lipinski definition) is 0. The molecule has 3 rings (SSSR count). The lowest BCUT2D eigenvalue weighted by Crippen LogP contribution is -2.41. The fourth-order valence-corrected chi connectivity index (χ4v) is 3.67. The number of likely N-dealkylation sites (tertiary alicyclic amines) is 2. The lowest BCUT2D eigenvalue weighted by Gasteiger charge is -2.32. The molecule has 1 atom stereocenters. The van der Waals surface area contributed by atoms with Crippen LogP contribution in [0.3, 0.4) is 0 Å². The Balaban J connectivity index is 1.45. The highest BCUT2D eigenvalue weighted by Gasteiger charge is 2.29. The third-order valence-electron chi connectivity index (χ3n) is 4.80. The van der Waals surface area contributed by atoms with Gasteiger partial charge >= 0.3 is 0 Å². The molecule has 0 amide bonds. The van der Waals surface area contributed by atoms with Crippen LogP contribution in [-0.4, -0.2) is 54.3 Å². The van der Waals surface area contributed by atoms with Gasteiger partial charge in [0.1, 0.15) is 0 Å². The van der Waals surface area contributed by atoms with Crippen LogP contribution in [0.15, 0.2) is 30.3 Å². The van der Waals surface area contributed by atoms with E-state index >= 15 is 0 Å². The molecular weight excluding hydrogens is 260 g/mol. The lowest BCUT2D eigenvalue weighted by atomic mass is 10.1. The van der Waals surface area contributed by atoms with Crippen molar-refractivity contribution in [1.82, 2.24) is 9.80 Å². The van der Waals surface area contributed by atoms with Crippen LogP contribution in [0.5, 0.6) is 0 Å². The van der Waals surface area contributed by atoms with Gasteiger partial charge in [0, 0.05) is 25.6 Å². The first kappa shape index (κ1) is 14.7. The van der Waals surface area contributed by atoms with Gasteiger partial charge in [-0.25, -0.2) is 0 Å². The van der Waals surface area contributed by atoms with Crippen molar-refractivity contribution in [1.29, 1.82) is 0 Å². The second kappa shape index (κ2) is 7.19. The van der Waals surface area contributed by atoms with E-state index in [1.54, 1.807) is 0 Å². The monoisotopic (exact) mass is 286 g/mol. The smallest absolute Gasteiger partial charge is 0.151 e. The van der Waals surface area contributed by atoms with Gasteiger partial charge in [0.05, 0.1) is 6.54 Å². The first-order chi connectivity index (χ1) is 10.3. The molecule has 3 heteroatoms. The summed E-state index contributed by atoms with van der Waals surface area (Å²) < 4.78 is 0. The normalized spacial score (nSPS) is 24.3. The second-order valence-electron chi connectivity index (χ2n) is 6.48. The van der Waals surface area contributed by atoms with Crippen molar-refractivity contribution < 1.29 is 4.79 Å². The van der Waals surface area contributed by atoms with E-state index in [-0.39, 0.29) is 0 Å². The van der Waals surface area contributed by atoms with E-state index in [0.29, 0.717) is 24.8 Å². The fraction of sp³-hybridized carbons (Fsp3) is 0.611. The average molecular weight is 286 g/mol. The number of carbonyl (C=O) groups is 1. The van der Waals surface area contributed by atoms with E-state index in [4.69, 9.17) is 0 Å². The molecule has 2 fully saturated rings. The highest BCUT2D eigenvalue weighted by atomic mass is 16.1. The maximum Gasteiger partial charge on any atom is 0.151 e. The minimum absolute atomic E-state index is 0.348. The maximum atomic E-state index is 12.2. The Kier molecular flexibility index (Phi) is 5.04. The number of carbonyl (C=O) groups excluding carboxylic acids is 1. The van der Waals surface area contributed by atoms with Gasteiger partial charge in [-0.2, -0.15) is 0 Å². The summed E-state index contributed by atoms with van der Waals surface area (Å²) in [6, 6.07) is 10.8. The van der Waals surface area contributed by atoms with Crippen LogP contribution in [0, 0.1) is 0 Å². The molecule has 1 aromatic rings. The van der Waals surface area contributed by atoms with Crippen LogP contribution in [-0.2, 0) is 11.2 Å². The third kappa shape index (κ3) is 4.14. The van der Waals surface area contributed by atoms with Crippen molar-refractivity contribution >= 4 is 5.78 Å². The summed E-state index contributed by atoms with van der Waals surface area (Å²) >= 11 is 0. The zero-order valence-corrected chi connectivity index (χ0v) is 12.8. The van der Waals surface area contributed by atoms with Crippen LogP contribution in [0.2, 0.25) is 0 Å². The number of nitrogens with zero attached hydrogens (tertiary/aromatic N) is 2. The van der Waals surface area contributed by atoms with Crippen LogP contribution in [0.25, 0.3) is 0 Å². The molecular formula is C18H26N2O. The summed E-state index contributed by atoms with van der Waals surface area (Å²) in [5, 5.41) is 0. The molecule has 0 aromatic heterocycles.